The molecular formula is C14H8BrF2NO3. The van der Waals surface area contributed by atoms with Crippen LogP contribution < -0.4 is 5.32 Å². The van der Waals surface area contributed by atoms with E-state index in [1.807, 2.05) is 0 Å². The van der Waals surface area contributed by atoms with E-state index < -0.39 is 23.5 Å². The van der Waals surface area contributed by atoms with Gasteiger partial charge in [0, 0.05) is 10.0 Å². The number of halogens is 3. The Morgan fingerprint density at radius 2 is 1.76 bits per heavy atom. The summed E-state index contributed by atoms with van der Waals surface area (Å²) in [6, 6.07) is 6.50. The summed E-state index contributed by atoms with van der Waals surface area (Å²) >= 11 is 3.05. The van der Waals surface area contributed by atoms with E-state index in [0.717, 1.165) is 24.3 Å². The summed E-state index contributed by atoms with van der Waals surface area (Å²) in [6.07, 6.45) is 0. The summed E-state index contributed by atoms with van der Waals surface area (Å²) in [6.45, 7) is 0. The molecule has 2 aromatic carbocycles. The van der Waals surface area contributed by atoms with E-state index in [0.29, 0.717) is 4.47 Å². The number of rotatable bonds is 3. The van der Waals surface area contributed by atoms with Crippen molar-refractivity contribution < 1.29 is 23.5 Å². The van der Waals surface area contributed by atoms with Gasteiger partial charge in [-0.1, -0.05) is 15.9 Å². The van der Waals surface area contributed by atoms with Gasteiger partial charge >= 0.3 is 5.97 Å². The normalized spacial score (nSPS) is 10.2. The third kappa shape index (κ3) is 3.63. The Balaban J connectivity index is 2.33. The molecule has 0 spiro atoms. The largest absolute Gasteiger partial charge is 0.478 e. The van der Waals surface area contributed by atoms with Crippen molar-refractivity contribution in [3.8, 4) is 0 Å². The molecule has 0 saturated heterocycles. The lowest BCUT2D eigenvalue weighted by atomic mass is 10.1. The zero-order chi connectivity index (χ0) is 15.6. The molecule has 0 fully saturated rings. The summed E-state index contributed by atoms with van der Waals surface area (Å²) < 4.78 is 26.6. The lowest BCUT2D eigenvalue weighted by molar-refractivity contribution is 0.0697. The van der Waals surface area contributed by atoms with Crippen LogP contribution in [0.5, 0.6) is 0 Å². The molecule has 0 aromatic heterocycles. The number of amides is 1. The topological polar surface area (TPSA) is 66.4 Å². The predicted molar refractivity (Wildman–Crippen MR) is 75.4 cm³/mol. The van der Waals surface area contributed by atoms with Crippen molar-refractivity contribution in [2.45, 2.75) is 0 Å². The molecule has 2 aromatic rings. The zero-order valence-corrected chi connectivity index (χ0v) is 11.9. The molecule has 0 heterocycles. The Morgan fingerprint density at radius 1 is 1.05 bits per heavy atom. The Bertz CT molecular complexity index is 714. The molecule has 7 heteroatoms. The van der Waals surface area contributed by atoms with E-state index in [9.17, 15) is 18.4 Å². The SMILES string of the molecule is O=C(Nc1ccc(F)cc1C(=O)O)c1cc(F)cc(Br)c1. The molecule has 2 N–H and O–H groups in total. The molecule has 0 bridgehead atoms. The van der Waals surface area contributed by atoms with E-state index in [4.69, 9.17) is 5.11 Å². The van der Waals surface area contributed by atoms with Crippen molar-refractivity contribution in [1.82, 2.24) is 0 Å². The minimum atomic E-state index is -1.38. The van der Waals surface area contributed by atoms with Gasteiger partial charge in [0.1, 0.15) is 11.6 Å². The molecule has 2 rings (SSSR count). The molecule has 0 radical (unpaired) electrons. The molecule has 4 nitrogen and oxygen atoms in total. The second-order valence-corrected chi connectivity index (χ2v) is 5.02. The number of carboxylic acid groups (broad SMARTS) is 1. The standard InChI is InChI=1S/C14H8BrF2NO3/c15-8-3-7(4-10(17)5-8)13(19)18-12-2-1-9(16)6-11(12)14(20)21/h1-6H,(H,18,19)(H,20,21). The Morgan fingerprint density at radius 3 is 2.38 bits per heavy atom. The van der Waals surface area contributed by atoms with Crippen molar-refractivity contribution in [3.63, 3.8) is 0 Å². The van der Waals surface area contributed by atoms with Crippen LogP contribution in [0.4, 0.5) is 14.5 Å². The van der Waals surface area contributed by atoms with Crippen molar-refractivity contribution >= 4 is 33.5 Å². The molecule has 0 aliphatic carbocycles. The van der Waals surface area contributed by atoms with Crippen LogP contribution in [0.15, 0.2) is 40.9 Å². The smallest absolute Gasteiger partial charge is 0.337 e. The van der Waals surface area contributed by atoms with Gasteiger partial charge in [0.05, 0.1) is 11.3 Å². The second kappa shape index (κ2) is 6.01. The van der Waals surface area contributed by atoms with Gasteiger partial charge in [-0.05, 0) is 36.4 Å². The fourth-order valence-corrected chi connectivity index (χ4v) is 2.15. The van der Waals surface area contributed by atoms with Crippen molar-refractivity contribution in [1.29, 1.82) is 0 Å². The van der Waals surface area contributed by atoms with Gasteiger partial charge in [-0.25, -0.2) is 13.6 Å². The van der Waals surface area contributed by atoms with Gasteiger partial charge in [-0.15, -0.1) is 0 Å². The number of hydrogen-bond acceptors (Lipinski definition) is 2. The van der Waals surface area contributed by atoms with Crippen LogP contribution in [0.2, 0.25) is 0 Å². The maximum Gasteiger partial charge on any atom is 0.337 e. The predicted octanol–water partition coefficient (Wildman–Crippen LogP) is 3.68. The van der Waals surface area contributed by atoms with Crippen LogP contribution in [-0.4, -0.2) is 17.0 Å². The number of carboxylic acids is 1. The highest BCUT2D eigenvalue weighted by Crippen LogP contribution is 2.20. The van der Waals surface area contributed by atoms with Crippen LogP contribution in [0.1, 0.15) is 20.7 Å². The zero-order valence-electron chi connectivity index (χ0n) is 10.4. The third-order valence-electron chi connectivity index (χ3n) is 2.58. The van der Waals surface area contributed by atoms with Crippen LogP contribution >= 0.6 is 15.9 Å². The van der Waals surface area contributed by atoms with Crippen LogP contribution in [-0.2, 0) is 0 Å². The first-order chi connectivity index (χ1) is 9.86. The maximum absolute atomic E-state index is 13.2. The van der Waals surface area contributed by atoms with E-state index in [-0.39, 0.29) is 16.8 Å². The summed E-state index contributed by atoms with van der Waals surface area (Å²) in [5.74, 6) is -3.44. The summed E-state index contributed by atoms with van der Waals surface area (Å²) in [4.78, 5) is 23.0. The van der Waals surface area contributed by atoms with E-state index in [1.165, 1.54) is 12.1 Å². The van der Waals surface area contributed by atoms with Gasteiger partial charge in [-0.3, -0.25) is 4.79 Å². The number of aromatic carboxylic acids is 1. The molecule has 1 amide bonds. The van der Waals surface area contributed by atoms with E-state index >= 15 is 0 Å². The average Bonchev–Trinajstić information content (AvgIpc) is 2.39. The molecule has 0 atom stereocenters. The average molecular weight is 356 g/mol. The number of hydrogen-bond donors (Lipinski definition) is 2. The Kier molecular flexibility index (Phi) is 4.32. The molecule has 21 heavy (non-hydrogen) atoms. The van der Waals surface area contributed by atoms with Crippen molar-refractivity contribution in [2.24, 2.45) is 0 Å². The first kappa shape index (κ1) is 15.1. The Hall–Kier alpha value is -2.28. The van der Waals surface area contributed by atoms with Crippen molar-refractivity contribution in [3.05, 3.63) is 63.6 Å². The molecule has 0 unspecified atom stereocenters. The first-order valence-corrected chi connectivity index (χ1v) is 6.46. The minimum absolute atomic E-state index is 0.00235. The monoisotopic (exact) mass is 355 g/mol. The summed E-state index contributed by atoms with van der Waals surface area (Å²) in [5.41, 5.74) is -0.462. The van der Waals surface area contributed by atoms with Crippen molar-refractivity contribution in [2.75, 3.05) is 5.32 Å². The molecular weight excluding hydrogens is 348 g/mol. The maximum atomic E-state index is 13.2. The van der Waals surface area contributed by atoms with Gasteiger partial charge in [0.2, 0.25) is 0 Å². The number of benzene rings is 2. The fraction of sp³-hybridized carbons (Fsp3) is 0. The van der Waals surface area contributed by atoms with Gasteiger partial charge in [0.25, 0.3) is 5.91 Å². The van der Waals surface area contributed by atoms with E-state index in [2.05, 4.69) is 21.2 Å². The van der Waals surface area contributed by atoms with Gasteiger partial charge in [0.15, 0.2) is 0 Å². The number of anilines is 1. The number of carbonyl (C=O) groups is 2. The summed E-state index contributed by atoms with van der Waals surface area (Å²) in [5, 5.41) is 11.3. The quantitative estimate of drug-likeness (QED) is 0.882. The number of carbonyl (C=O) groups excluding carboxylic acids is 1. The second-order valence-electron chi connectivity index (χ2n) is 4.11. The Labute approximate surface area is 126 Å². The molecule has 0 aliphatic heterocycles. The fourth-order valence-electron chi connectivity index (χ4n) is 1.68. The lowest BCUT2D eigenvalue weighted by Gasteiger charge is -2.09. The minimum Gasteiger partial charge on any atom is -0.478 e. The highest BCUT2D eigenvalue weighted by atomic mass is 79.9. The van der Waals surface area contributed by atoms with Gasteiger partial charge < -0.3 is 10.4 Å². The van der Waals surface area contributed by atoms with E-state index in [1.54, 1.807) is 0 Å². The van der Waals surface area contributed by atoms with Crippen LogP contribution in [0.25, 0.3) is 0 Å². The van der Waals surface area contributed by atoms with Gasteiger partial charge in [-0.2, -0.15) is 0 Å². The van der Waals surface area contributed by atoms with Crippen LogP contribution in [0.3, 0.4) is 0 Å². The third-order valence-corrected chi connectivity index (χ3v) is 3.04. The molecule has 108 valence electrons. The highest BCUT2D eigenvalue weighted by Gasteiger charge is 2.15. The van der Waals surface area contributed by atoms with Crippen LogP contribution in [0, 0.1) is 11.6 Å². The molecule has 0 aliphatic rings. The first-order valence-electron chi connectivity index (χ1n) is 5.67. The summed E-state index contributed by atoms with van der Waals surface area (Å²) in [7, 11) is 0. The number of nitrogens with one attached hydrogen (secondary N) is 1. The lowest BCUT2D eigenvalue weighted by Crippen LogP contribution is -2.15. The highest BCUT2D eigenvalue weighted by molar-refractivity contribution is 9.10. The molecule has 0 saturated carbocycles.